The Morgan fingerprint density at radius 1 is 1.05 bits per heavy atom. The molecule has 0 unspecified atom stereocenters. The second kappa shape index (κ2) is 6.00. The van der Waals surface area contributed by atoms with Crippen molar-refractivity contribution in [1.82, 2.24) is 0 Å². The van der Waals surface area contributed by atoms with Crippen molar-refractivity contribution < 1.29 is 9.18 Å². The van der Waals surface area contributed by atoms with Gasteiger partial charge in [0.05, 0.1) is 5.02 Å². The maximum atomic E-state index is 13.5. The normalized spacial score (nSPS) is 10.9. The van der Waals surface area contributed by atoms with E-state index in [9.17, 15) is 9.18 Å². The first-order valence-electron chi connectivity index (χ1n) is 5.50. The number of halogens is 3. The fourth-order valence-corrected chi connectivity index (χ4v) is 1.89. The fraction of sp³-hybridized carbons (Fsp3) is 0. The number of hydrogen-bond acceptors (Lipinski definition) is 1. The molecule has 96 valence electrons. The molecule has 0 atom stereocenters. The van der Waals surface area contributed by atoms with E-state index in [0.717, 1.165) is 0 Å². The van der Waals surface area contributed by atoms with Gasteiger partial charge in [0.1, 0.15) is 5.82 Å². The predicted molar refractivity (Wildman–Crippen MR) is 76.2 cm³/mol. The topological polar surface area (TPSA) is 17.1 Å². The van der Waals surface area contributed by atoms with Gasteiger partial charge in [-0.3, -0.25) is 4.79 Å². The molecule has 0 radical (unpaired) electrons. The van der Waals surface area contributed by atoms with E-state index in [1.54, 1.807) is 30.3 Å². The standard InChI is InChI=1S/C15H9Cl2FO/c16-11-6-4-10(5-7-11)15(19)9-8-12-13(17)2-1-3-14(12)18/h1-9H/b9-8-. The third-order valence-corrected chi connectivity index (χ3v) is 3.11. The van der Waals surface area contributed by atoms with Crippen LogP contribution in [-0.4, -0.2) is 5.78 Å². The fourth-order valence-electron chi connectivity index (χ4n) is 1.54. The van der Waals surface area contributed by atoms with Gasteiger partial charge in [0.15, 0.2) is 5.78 Å². The van der Waals surface area contributed by atoms with Crippen LogP contribution in [0, 0.1) is 5.82 Å². The third-order valence-electron chi connectivity index (χ3n) is 2.53. The molecule has 0 aromatic heterocycles. The highest BCUT2D eigenvalue weighted by Crippen LogP contribution is 2.20. The maximum Gasteiger partial charge on any atom is 0.185 e. The minimum absolute atomic E-state index is 0.200. The second-order valence-corrected chi connectivity index (χ2v) is 4.68. The molecular formula is C15H9Cl2FO. The SMILES string of the molecule is O=C(/C=C\c1c(F)cccc1Cl)c1ccc(Cl)cc1. The minimum Gasteiger partial charge on any atom is -0.289 e. The lowest BCUT2D eigenvalue weighted by atomic mass is 10.1. The van der Waals surface area contributed by atoms with Crippen LogP contribution in [0.2, 0.25) is 10.0 Å². The summed E-state index contributed by atoms with van der Waals surface area (Å²) in [4.78, 5) is 11.9. The van der Waals surface area contributed by atoms with Crippen LogP contribution >= 0.6 is 23.2 Å². The first-order valence-corrected chi connectivity index (χ1v) is 6.25. The Labute approximate surface area is 120 Å². The van der Waals surface area contributed by atoms with Crippen LogP contribution < -0.4 is 0 Å². The Morgan fingerprint density at radius 3 is 2.37 bits per heavy atom. The lowest BCUT2D eigenvalue weighted by Crippen LogP contribution is -1.93. The second-order valence-electron chi connectivity index (χ2n) is 3.84. The molecule has 0 spiro atoms. The van der Waals surface area contributed by atoms with E-state index in [4.69, 9.17) is 23.2 Å². The monoisotopic (exact) mass is 294 g/mol. The molecule has 0 N–H and O–H groups in total. The molecule has 0 fully saturated rings. The smallest absolute Gasteiger partial charge is 0.185 e. The largest absolute Gasteiger partial charge is 0.289 e. The van der Waals surface area contributed by atoms with Gasteiger partial charge in [-0.1, -0.05) is 29.3 Å². The van der Waals surface area contributed by atoms with Crippen molar-refractivity contribution >= 4 is 35.1 Å². The molecule has 0 amide bonds. The van der Waals surface area contributed by atoms with Crippen LogP contribution in [-0.2, 0) is 0 Å². The Hall–Kier alpha value is -1.64. The van der Waals surface area contributed by atoms with Gasteiger partial charge >= 0.3 is 0 Å². The van der Waals surface area contributed by atoms with E-state index < -0.39 is 5.82 Å². The highest BCUT2D eigenvalue weighted by molar-refractivity contribution is 6.32. The molecule has 2 rings (SSSR count). The molecule has 0 aliphatic rings. The Kier molecular flexibility index (Phi) is 4.35. The first kappa shape index (κ1) is 13.8. The van der Waals surface area contributed by atoms with E-state index >= 15 is 0 Å². The van der Waals surface area contributed by atoms with Crippen LogP contribution in [0.1, 0.15) is 15.9 Å². The number of rotatable bonds is 3. The summed E-state index contributed by atoms with van der Waals surface area (Å²) in [7, 11) is 0. The number of allylic oxidation sites excluding steroid dienone is 1. The van der Waals surface area contributed by atoms with Gasteiger partial charge in [0.2, 0.25) is 0 Å². The molecule has 4 heteroatoms. The average Bonchev–Trinajstić information content (AvgIpc) is 2.38. The van der Waals surface area contributed by atoms with Crippen molar-refractivity contribution in [2.75, 3.05) is 0 Å². The van der Waals surface area contributed by atoms with Gasteiger partial charge < -0.3 is 0 Å². The van der Waals surface area contributed by atoms with Gasteiger partial charge in [-0.25, -0.2) is 4.39 Å². The summed E-state index contributed by atoms with van der Waals surface area (Å²) < 4.78 is 13.5. The molecule has 0 saturated heterocycles. The average molecular weight is 295 g/mol. The van der Waals surface area contributed by atoms with Crippen LogP contribution in [0.3, 0.4) is 0 Å². The first-order chi connectivity index (χ1) is 9.08. The number of carbonyl (C=O) groups is 1. The zero-order chi connectivity index (χ0) is 13.8. The zero-order valence-electron chi connectivity index (χ0n) is 9.74. The molecule has 19 heavy (non-hydrogen) atoms. The predicted octanol–water partition coefficient (Wildman–Crippen LogP) is 5.03. The van der Waals surface area contributed by atoms with Crippen LogP contribution in [0.4, 0.5) is 4.39 Å². The van der Waals surface area contributed by atoms with Crippen LogP contribution in [0.25, 0.3) is 6.08 Å². The Morgan fingerprint density at radius 2 is 1.74 bits per heavy atom. The van der Waals surface area contributed by atoms with E-state index in [1.165, 1.54) is 24.3 Å². The number of ketones is 1. The van der Waals surface area contributed by atoms with Gasteiger partial charge in [-0.05, 0) is 48.6 Å². The van der Waals surface area contributed by atoms with Crippen molar-refractivity contribution in [3.8, 4) is 0 Å². The van der Waals surface area contributed by atoms with Gasteiger partial charge in [0, 0.05) is 16.1 Å². The molecular weight excluding hydrogens is 286 g/mol. The maximum absolute atomic E-state index is 13.5. The summed E-state index contributed by atoms with van der Waals surface area (Å²) >= 11 is 11.6. The summed E-state index contributed by atoms with van der Waals surface area (Å²) in [6.45, 7) is 0. The molecule has 0 heterocycles. The van der Waals surface area contributed by atoms with E-state index in [-0.39, 0.29) is 16.4 Å². The molecule has 1 nitrogen and oxygen atoms in total. The number of carbonyl (C=O) groups excluding carboxylic acids is 1. The van der Waals surface area contributed by atoms with Crippen molar-refractivity contribution in [2.24, 2.45) is 0 Å². The lowest BCUT2D eigenvalue weighted by molar-refractivity contribution is 0.104. The Bertz CT molecular complexity index is 613. The quantitative estimate of drug-likeness (QED) is 0.573. The van der Waals surface area contributed by atoms with Gasteiger partial charge in [0.25, 0.3) is 0 Å². The van der Waals surface area contributed by atoms with Crippen molar-refractivity contribution in [3.05, 3.63) is 75.5 Å². The van der Waals surface area contributed by atoms with Crippen LogP contribution in [0.15, 0.2) is 48.5 Å². The lowest BCUT2D eigenvalue weighted by Gasteiger charge is -2.00. The van der Waals surface area contributed by atoms with E-state index in [0.29, 0.717) is 10.6 Å². The molecule has 2 aromatic carbocycles. The van der Waals surface area contributed by atoms with Crippen molar-refractivity contribution in [1.29, 1.82) is 0 Å². The van der Waals surface area contributed by atoms with Gasteiger partial charge in [-0.2, -0.15) is 0 Å². The minimum atomic E-state index is -0.465. The van der Waals surface area contributed by atoms with E-state index in [1.807, 2.05) is 0 Å². The molecule has 2 aromatic rings. The van der Waals surface area contributed by atoms with E-state index in [2.05, 4.69) is 0 Å². The molecule has 0 aliphatic carbocycles. The summed E-state index contributed by atoms with van der Waals surface area (Å²) in [5.41, 5.74) is 0.680. The third kappa shape index (κ3) is 3.43. The van der Waals surface area contributed by atoms with Crippen LogP contribution in [0.5, 0.6) is 0 Å². The van der Waals surface area contributed by atoms with Crippen molar-refractivity contribution in [2.45, 2.75) is 0 Å². The zero-order valence-corrected chi connectivity index (χ0v) is 11.3. The summed E-state index contributed by atoms with van der Waals surface area (Å²) in [5.74, 6) is -0.705. The number of benzene rings is 2. The summed E-state index contributed by atoms with van der Waals surface area (Å²) in [6, 6.07) is 10.8. The Balaban J connectivity index is 2.23. The van der Waals surface area contributed by atoms with Gasteiger partial charge in [-0.15, -0.1) is 0 Å². The summed E-state index contributed by atoms with van der Waals surface area (Å²) in [6.07, 6.45) is 2.65. The highest BCUT2D eigenvalue weighted by Gasteiger charge is 2.05. The van der Waals surface area contributed by atoms with Crippen molar-refractivity contribution in [3.63, 3.8) is 0 Å². The molecule has 0 bridgehead atoms. The number of hydrogen-bond donors (Lipinski definition) is 0. The molecule has 0 aliphatic heterocycles. The highest BCUT2D eigenvalue weighted by atomic mass is 35.5. The summed E-state index contributed by atoms with van der Waals surface area (Å²) in [5, 5.41) is 0.817. The molecule has 0 saturated carbocycles.